The number of nitro groups is 1. The fourth-order valence-electron chi connectivity index (χ4n) is 4.16. The van der Waals surface area contributed by atoms with Crippen LogP contribution in [0.4, 0.5) is 0 Å². The van der Waals surface area contributed by atoms with E-state index in [2.05, 4.69) is 4.98 Å². The second kappa shape index (κ2) is 12.5. The molecule has 36 heavy (non-hydrogen) atoms. The van der Waals surface area contributed by atoms with Crippen molar-refractivity contribution in [3.05, 3.63) is 80.5 Å². The van der Waals surface area contributed by atoms with Crippen LogP contribution < -0.4 is 0 Å². The van der Waals surface area contributed by atoms with Crippen LogP contribution in [0.15, 0.2) is 54.1 Å². The molecule has 2 aromatic rings. The Labute approximate surface area is 214 Å². The van der Waals surface area contributed by atoms with E-state index >= 15 is 0 Å². The summed E-state index contributed by atoms with van der Waals surface area (Å²) < 4.78 is 5.21. The van der Waals surface area contributed by atoms with E-state index in [0.29, 0.717) is 24.1 Å². The largest absolute Gasteiger partial charge is 0.508 e. The van der Waals surface area contributed by atoms with Gasteiger partial charge in [-0.15, -0.1) is 0 Å². The highest BCUT2D eigenvalue weighted by Crippen LogP contribution is 2.26. The Bertz CT molecular complexity index is 1080. The molecule has 1 aliphatic heterocycles. The summed E-state index contributed by atoms with van der Waals surface area (Å²) in [5.74, 6) is -0.0355. The molecule has 0 bridgehead atoms. The first-order valence-electron chi connectivity index (χ1n) is 11.5. The Kier molecular flexibility index (Phi) is 9.45. The molecule has 0 saturated heterocycles. The Morgan fingerprint density at radius 1 is 1.28 bits per heavy atom. The molecule has 3 rings (SSSR count). The number of hydrogen-bond acceptors (Lipinski definition) is 10. The van der Waals surface area contributed by atoms with Crippen molar-refractivity contribution in [2.24, 2.45) is 0 Å². The molecule has 0 amide bonds. The lowest BCUT2D eigenvalue weighted by Gasteiger charge is -2.41. The van der Waals surface area contributed by atoms with Crippen molar-refractivity contribution in [3.8, 4) is 5.75 Å². The van der Waals surface area contributed by atoms with E-state index in [1.807, 2.05) is 17.9 Å². The standard InChI is InChI=1S/C24H30ClN5O6/c1-3-28(14-18-6-9-22(25)26-13-18)23-21(30(34)35)15-29(16-27(23)2)20(24(33)36-11-10-31)12-17-4-7-19(32)8-5-17/h4-9,13,20,31-32H,3,10-12,14-16H2,1-2H3/t20-/m0/s1. The summed E-state index contributed by atoms with van der Waals surface area (Å²) in [6.07, 6.45) is 1.85. The molecule has 2 heterocycles. The zero-order valence-corrected chi connectivity index (χ0v) is 21.0. The van der Waals surface area contributed by atoms with Crippen molar-refractivity contribution in [1.29, 1.82) is 0 Å². The Balaban J connectivity index is 1.91. The van der Waals surface area contributed by atoms with Crippen molar-refractivity contribution in [2.45, 2.75) is 25.9 Å². The van der Waals surface area contributed by atoms with Gasteiger partial charge >= 0.3 is 5.97 Å². The molecule has 0 spiro atoms. The van der Waals surface area contributed by atoms with Crippen molar-refractivity contribution in [2.75, 3.05) is 40.0 Å². The molecule has 0 aliphatic carbocycles. The molecule has 0 saturated carbocycles. The number of aromatic hydroxyl groups is 1. The third-order valence-corrected chi connectivity index (χ3v) is 6.07. The number of ether oxygens (including phenoxy) is 1. The zero-order valence-electron chi connectivity index (χ0n) is 20.2. The van der Waals surface area contributed by atoms with Crippen LogP contribution in [0.2, 0.25) is 5.15 Å². The van der Waals surface area contributed by atoms with Gasteiger partial charge in [0.05, 0.1) is 24.7 Å². The summed E-state index contributed by atoms with van der Waals surface area (Å²) in [5.41, 5.74) is 1.56. The summed E-state index contributed by atoms with van der Waals surface area (Å²) in [4.78, 5) is 34.1. The smallest absolute Gasteiger partial charge is 0.323 e. The number of carbonyl (C=O) groups excluding carboxylic acids is 1. The number of esters is 1. The number of phenolic OH excluding ortho intramolecular Hbond substituents is 1. The fraction of sp³-hybridized carbons (Fsp3) is 0.417. The van der Waals surface area contributed by atoms with Gasteiger partial charge < -0.3 is 24.7 Å². The molecule has 0 fully saturated rings. The predicted molar refractivity (Wildman–Crippen MR) is 132 cm³/mol. The summed E-state index contributed by atoms with van der Waals surface area (Å²) in [7, 11) is 1.74. The van der Waals surface area contributed by atoms with Gasteiger partial charge in [-0.1, -0.05) is 29.8 Å². The maximum Gasteiger partial charge on any atom is 0.323 e. The first kappa shape index (κ1) is 27.2. The van der Waals surface area contributed by atoms with E-state index in [4.69, 9.17) is 21.4 Å². The summed E-state index contributed by atoms with van der Waals surface area (Å²) in [5, 5.41) is 31.2. The van der Waals surface area contributed by atoms with E-state index in [9.17, 15) is 20.0 Å². The number of aromatic nitrogens is 1. The summed E-state index contributed by atoms with van der Waals surface area (Å²) >= 11 is 5.89. The van der Waals surface area contributed by atoms with E-state index < -0.39 is 16.9 Å². The molecule has 1 aromatic carbocycles. The van der Waals surface area contributed by atoms with Crippen molar-refractivity contribution in [3.63, 3.8) is 0 Å². The maximum absolute atomic E-state index is 12.9. The lowest BCUT2D eigenvalue weighted by atomic mass is 10.0. The average Bonchev–Trinajstić information content (AvgIpc) is 2.86. The number of carbonyl (C=O) groups is 1. The van der Waals surface area contributed by atoms with Crippen molar-refractivity contribution < 1.29 is 24.7 Å². The average molecular weight is 520 g/mol. The summed E-state index contributed by atoms with van der Waals surface area (Å²) in [6, 6.07) is 9.05. The van der Waals surface area contributed by atoms with E-state index in [0.717, 1.165) is 11.1 Å². The molecule has 1 atom stereocenters. The molecule has 194 valence electrons. The quantitative estimate of drug-likeness (QED) is 0.197. The zero-order chi connectivity index (χ0) is 26.2. The number of rotatable bonds is 11. The Morgan fingerprint density at radius 2 is 1.97 bits per heavy atom. The third kappa shape index (κ3) is 6.84. The van der Waals surface area contributed by atoms with Crippen molar-refractivity contribution in [1.82, 2.24) is 19.7 Å². The molecule has 2 N–H and O–H groups in total. The predicted octanol–water partition coefficient (Wildman–Crippen LogP) is 2.06. The lowest BCUT2D eigenvalue weighted by Crippen LogP contribution is -2.54. The van der Waals surface area contributed by atoms with Crippen LogP contribution in [0.5, 0.6) is 5.75 Å². The van der Waals surface area contributed by atoms with Gasteiger partial charge in [-0.25, -0.2) is 4.98 Å². The maximum atomic E-state index is 12.9. The van der Waals surface area contributed by atoms with Crippen LogP contribution in [-0.2, 0) is 22.5 Å². The fourth-order valence-corrected chi connectivity index (χ4v) is 4.27. The molecular formula is C24H30ClN5O6. The minimum atomic E-state index is -0.837. The van der Waals surface area contributed by atoms with Crippen LogP contribution in [0.25, 0.3) is 0 Å². The molecule has 0 radical (unpaired) electrons. The first-order valence-corrected chi connectivity index (χ1v) is 11.8. The first-order chi connectivity index (χ1) is 17.2. The molecular weight excluding hydrogens is 490 g/mol. The third-order valence-electron chi connectivity index (χ3n) is 5.84. The van der Waals surface area contributed by atoms with Crippen LogP contribution in [0, 0.1) is 10.1 Å². The number of hydrogen-bond donors (Lipinski definition) is 2. The SMILES string of the molecule is CCN(Cc1ccc(Cl)nc1)C1=C([N+](=O)[O-])CN([C@@H](Cc2ccc(O)cc2)C(=O)OCCO)CN1C. The van der Waals surface area contributed by atoms with Gasteiger partial charge in [0.2, 0.25) is 0 Å². The molecule has 11 nitrogen and oxygen atoms in total. The normalized spacial score (nSPS) is 15.1. The van der Waals surface area contributed by atoms with Gasteiger partial charge in [0.25, 0.3) is 5.70 Å². The minimum absolute atomic E-state index is 0.0433. The van der Waals surface area contributed by atoms with Gasteiger partial charge in [0.15, 0.2) is 5.82 Å². The van der Waals surface area contributed by atoms with Gasteiger partial charge in [-0.2, -0.15) is 0 Å². The number of pyridine rings is 1. The highest BCUT2D eigenvalue weighted by molar-refractivity contribution is 6.29. The topological polar surface area (TPSA) is 133 Å². The number of phenols is 1. The Morgan fingerprint density at radius 3 is 2.56 bits per heavy atom. The number of halogens is 1. The molecule has 1 aromatic heterocycles. The number of nitrogens with zero attached hydrogens (tertiary/aromatic N) is 5. The second-order valence-corrected chi connectivity index (χ2v) is 8.78. The number of benzene rings is 1. The monoisotopic (exact) mass is 519 g/mol. The van der Waals surface area contributed by atoms with Gasteiger partial charge in [-0.3, -0.25) is 19.8 Å². The van der Waals surface area contributed by atoms with Gasteiger partial charge in [0.1, 0.15) is 23.6 Å². The van der Waals surface area contributed by atoms with E-state index in [1.54, 1.807) is 41.2 Å². The van der Waals surface area contributed by atoms with Crippen LogP contribution in [0.3, 0.4) is 0 Å². The minimum Gasteiger partial charge on any atom is -0.508 e. The highest BCUT2D eigenvalue weighted by Gasteiger charge is 2.39. The summed E-state index contributed by atoms with van der Waals surface area (Å²) in [6.45, 7) is 2.47. The van der Waals surface area contributed by atoms with Crippen LogP contribution >= 0.6 is 11.6 Å². The van der Waals surface area contributed by atoms with E-state index in [1.165, 1.54) is 12.1 Å². The highest BCUT2D eigenvalue weighted by atomic mass is 35.5. The molecule has 0 unspecified atom stereocenters. The van der Waals surface area contributed by atoms with Crippen LogP contribution in [0.1, 0.15) is 18.1 Å². The van der Waals surface area contributed by atoms with Gasteiger partial charge in [0, 0.05) is 26.3 Å². The molecule has 12 heteroatoms. The van der Waals surface area contributed by atoms with Crippen LogP contribution in [-0.4, -0.2) is 86.9 Å². The Hall–Kier alpha value is -3.41. The lowest BCUT2D eigenvalue weighted by molar-refractivity contribution is -0.434. The van der Waals surface area contributed by atoms with E-state index in [-0.39, 0.29) is 44.3 Å². The number of aliphatic hydroxyl groups is 1. The second-order valence-electron chi connectivity index (χ2n) is 8.39. The number of aliphatic hydroxyl groups excluding tert-OH is 1. The van der Waals surface area contributed by atoms with Gasteiger partial charge in [-0.05, 0) is 42.7 Å². The van der Waals surface area contributed by atoms with Crippen molar-refractivity contribution >= 4 is 17.6 Å². The molecule has 1 aliphatic rings.